The van der Waals surface area contributed by atoms with Gasteiger partial charge in [0.1, 0.15) is 5.75 Å². The zero-order valence-corrected chi connectivity index (χ0v) is 24.1. The molecule has 1 aliphatic heterocycles. The molecule has 39 heavy (non-hydrogen) atoms. The summed E-state index contributed by atoms with van der Waals surface area (Å²) in [6.07, 6.45) is 5.09. The van der Waals surface area contributed by atoms with Gasteiger partial charge in [-0.3, -0.25) is 4.68 Å². The standard InChI is InChI=1S/C32H36N2O4S/c1-6-36-31(35)29(38-32(3,4)5)27-21(2)39-30(25-18-33-34(20-25)19-22-11-8-7-9-12-22)28(27)24-14-15-26-23(17-24)13-10-16-37-26/h7-9,11-12,14-15,17-18,20,29H,6,10,13,16,19H2,1-5H3. The molecular formula is C32H36N2O4S. The molecule has 0 spiro atoms. The maximum Gasteiger partial charge on any atom is 0.340 e. The normalized spacial score (nSPS) is 14.0. The maximum atomic E-state index is 13.4. The molecule has 0 bridgehead atoms. The van der Waals surface area contributed by atoms with E-state index >= 15 is 0 Å². The predicted octanol–water partition coefficient (Wildman–Crippen LogP) is 7.38. The Morgan fingerprint density at radius 2 is 1.95 bits per heavy atom. The second-order valence-electron chi connectivity index (χ2n) is 10.8. The van der Waals surface area contributed by atoms with Crippen molar-refractivity contribution in [1.29, 1.82) is 0 Å². The van der Waals surface area contributed by atoms with Crippen molar-refractivity contribution in [2.24, 2.45) is 0 Å². The molecule has 3 heterocycles. The molecule has 0 N–H and O–H groups in total. The summed E-state index contributed by atoms with van der Waals surface area (Å²) in [6.45, 7) is 11.5. The molecule has 0 amide bonds. The summed E-state index contributed by atoms with van der Waals surface area (Å²) < 4.78 is 19.8. The third-order valence-electron chi connectivity index (χ3n) is 6.65. The lowest BCUT2D eigenvalue weighted by molar-refractivity contribution is -0.166. The van der Waals surface area contributed by atoms with Crippen molar-refractivity contribution in [3.8, 4) is 27.3 Å². The van der Waals surface area contributed by atoms with E-state index in [9.17, 15) is 4.79 Å². The summed E-state index contributed by atoms with van der Waals surface area (Å²) in [5, 5.41) is 4.68. The summed E-state index contributed by atoms with van der Waals surface area (Å²) in [5.41, 5.74) is 5.72. The van der Waals surface area contributed by atoms with E-state index in [2.05, 4.69) is 42.5 Å². The lowest BCUT2D eigenvalue weighted by Gasteiger charge is -2.27. The molecule has 0 fully saturated rings. The van der Waals surface area contributed by atoms with Gasteiger partial charge >= 0.3 is 5.97 Å². The zero-order chi connectivity index (χ0) is 27.6. The van der Waals surface area contributed by atoms with Crippen molar-refractivity contribution in [3.05, 3.63) is 82.5 Å². The second kappa shape index (κ2) is 11.4. The minimum absolute atomic E-state index is 0.288. The average Bonchev–Trinajstić information content (AvgIpc) is 3.51. The fourth-order valence-electron chi connectivity index (χ4n) is 5.01. The first kappa shape index (κ1) is 27.2. The summed E-state index contributed by atoms with van der Waals surface area (Å²) in [7, 11) is 0. The number of aromatic nitrogens is 2. The van der Waals surface area contributed by atoms with Crippen LogP contribution in [0.3, 0.4) is 0 Å². The Bertz CT molecular complexity index is 1450. The highest BCUT2D eigenvalue weighted by Crippen LogP contribution is 2.48. The van der Waals surface area contributed by atoms with Gasteiger partial charge in [-0.05, 0) is 76.3 Å². The van der Waals surface area contributed by atoms with Gasteiger partial charge in [0, 0.05) is 32.6 Å². The van der Waals surface area contributed by atoms with Gasteiger partial charge in [-0.25, -0.2) is 4.79 Å². The number of hydrogen-bond donors (Lipinski definition) is 0. The molecule has 0 aliphatic carbocycles. The lowest BCUT2D eigenvalue weighted by atomic mass is 9.92. The quantitative estimate of drug-likeness (QED) is 0.217. The van der Waals surface area contributed by atoms with Crippen LogP contribution < -0.4 is 4.74 Å². The van der Waals surface area contributed by atoms with E-state index in [0.29, 0.717) is 6.54 Å². The molecule has 2 aromatic carbocycles. The fourth-order valence-corrected chi connectivity index (χ4v) is 6.19. The monoisotopic (exact) mass is 544 g/mol. The second-order valence-corrected chi connectivity index (χ2v) is 12.0. The van der Waals surface area contributed by atoms with Crippen LogP contribution in [-0.2, 0) is 27.2 Å². The van der Waals surface area contributed by atoms with Gasteiger partial charge in [-0.1, -0.05) is 36.4 Å². The van der Waals surface area contributed by atoms with E-state index in [1.807, 2.05) is 62.8 Å². The van der Waals surface area contributed by atoms with E-state index in [0.717, 1.165) is 57.2 Å². The number of ether oxygens (including phenoxy) is 3. The smallest absolute Gasteiger partial charge is 0.340 e. The van der Waals surface area contributed by atoms with Crippen LogP contribution >= 0.6 is 11.3 Å². The van der Waals surface area contributed by atoms with Crippen molar-refractivity contribution in [1.82, 2.24) is 9.78 Å². The third kappa shape index (κ3) is 6.10. The first-order chi connectivity index (χ1) is 18.7. The van der Waals surface area contributed by atoms with Crippen molar-refractivity contribution >= 4 is 17.3 Å². The van der Waals surface area contributed by atoms with Gasteiger partial charge in [-0.15, -0.1) is 11.3 Å². The number of aryl methyl sites for hydroxylation is 2. The van der Waals surface area contributed by atoms with Gasteiger partial charge in [0.05, 0.1) is 31.6 Å². The summed E-state index contributed by atoms with van der Waals surface area (Å²) in [6, 6.07) is 16.6. The zero-order valence-electron chi connectivity index (χ0n) is 23.3. The number of hydrogen-bond acceptors (Lipinski definition) is 6. The molecule has 0 saturated carbocycles. The molecule has 4 aromatic rings. The minimum Gasteiger partial charge on any atom is -0.493 e. The van der Waals surface area contributed by atoms with Crippen LogP contribution in [0.5, 0.6) is 5.75 Å². The Hall–Kier alpha value is -3.42. The van der Waals surface area contributed by atoms with Crippen LogP contribution in [0.25, 0.3) is 21.6 Å². The molecule has 0 saturated heterocycles. The van der Waals surface area contributed by atoms with Crippen molar-refractivity contribution in [2.45, 2.75) is 65.7 Å². The Balaban J connectivity index is 1.65. The first-order valence-corrected chi connectivity index (χ1v) is 14.4. The lowest BCUT2D eigenvalue weighted by Crippen LogP contribution is -2.29. The van der Waals surface area contributed by atoms with Crippen molar-refractivity contribution < 1.29 is 19.0 Å². The van der Waals surface area contributed by atoms with E-state index < -0.39 is 11.7 Å². The molecule has 1 aliphatic rings. The van der Waals surface area contributed by atoms with Gasteiger partial charge in [0.25, 0.3) is 0 Å². The van der Waals surface area contributed by atoms with Gasteiger partial charge in [0.15, 0.2) is 6.10 Å². The summed E-state index contributed by atoms with van der Waals surface area (Å²) >= 11 is 1.66. The third-order valence-corrected chi connectivity index (χ3v) is 7.82. The Labute approximate surface area is 234 Å². The topological polar surface area (TPSA) is 62.6 Å². The molecule has 204 valence electrons. The van der Waals surface area contributed by atoms with Crippen LogP contribution in [0.2, 0.25) is 0 Å². The molecule has 0 radical (unpaired) electrons. The number of fused-ring (bicyclic) bond motifs is 1. The van der Waals surface area contributed by atoms with Gasteiger partial charge in [0.2, 0.25) is 0 Å². The minimum atomic E-state index is -0.850. The van der Waals surface area contributed by atoms with Crippen LogP contribution in [0.1, 0.15) is 61.8 Å². The largest absolute Gasteiger partial charge is 0.493 e. The first-order valence-electron chi connectivity index (χ1n) is 13.5. The van der Waals surface area contributed by atoms with E-state index in [1.165, 1.54) is 11.1 Å². The molecular weight excluding hydrogens is 508 g/mol. The molecule has 2 aromatic heterocycles. The Kier molecular flexibility index (Phi) is 7.91. The van der Waals surface area contributed by atoms with Gasteiger partial charge < -0.3 is 14.2 Å². The predicted molar refractivity (Wildman–Crippen MR) is 155 cm³/mol. The SMILES string of the molecule is CCOC(=O)C(OC(C)(C)C)c1c(C)sc(-c2cnn(Cc3ccccc3)c2)c1-c1ccc2c(c1)CCCO2. The molecule has 1 unspecified atom stereocenters. The van der Waals surface area contributed by atoms with E-state index in [-0.39, 0.29) is 12.6 Å². The van der Waals surface area contributed by atoms with Crippen molar-refractivity contribution in [3.63, 3.8) is 0 Å². The number of esters is 1. The molecule has 1 atom stereocenters. The number of benzene rings is 2. The van der Waals surface area contributed by atoms with Crippen LogP contribution in [-0.4, -0.2) is 34.6 Å². The number of rotatable bonds is 8. The fraction of sp³-hybridized carbons (Fsp3) is 0.375. The number of thiophene rings is 1. The average molecular weight is 545 g/mol. The van der Waals surface area contributed by atoms with E-state index in [4.69, 9.17) is 14.2 Å². The highest BCUT2D eigenvalue weighted by molar-refractivity contribution is 7.16. The van der Waals surface area contributed by atoms with Crippen LogP contribution in [0.15, 0.2) is 60.9 Å². The van der Waals surface area contributed by atoms with Crippen LogP contribution in [0, 0.1) is 6.92 Å². The highest BCUT2D eigenvalue weighted by Gasteiger charge is 2.35. The molecule has 7 heteroatoms. The Morgan fingerprint density at radius 1 is 1.15 bits per heavy atom. The number of carbonyl (C=O) groups is 1. The Morgan fingerprint density at radius 3 is 2.69 bits per heavy atom. The van der Waals surface area contributed by atoms with E-state index in [1.54, 1.807) is 11.3 Å². The van der Waals surface area contributed by atoms with Crippen LogP contribution in [0.4, 0.5) is 0 Å². The number of carbonyl (C=O) groups excluding carboxylic acids is 1. The maximum absolute atomic E-state index is 13.4. The highest BCUT2D eigenvalue weighted by atomic mass is 32.1. The summed E-state index contributed by atoms with van der Waals surface area (Å²) in [4.78, 5) is 15.4. The molecule has 6 nitrogen and oxygen atoms in total. The van der Waals surface area contributed by atoms with Gasteiger partial charge in [-0.2, -0.15) is 5.10 Å². The molecule has 5 rings (SSSR count). The number of nitrogens with zero attached hydrogens (tertiary/aromatic N) is 2. The summed E-state index contributed by atoms with van der Waals surface area (Å²) in [5.74, 6) is 0.561. The van der Waals surface area contributed by atoms with Crippen molar-refractivity contribution in [2.75, 3.05) is 13.2 Å².